The summed E-state index contributed by atoms with van der Waals surface area (Å²) in [5.41, 5.74) is 0.288. The Hall–Kier alpha value is -1.55. The van der Waals surface area contributed by atoms with E-state index in [1.54, 1.807) is 0 Å². The van der Waals surface area contributed by atoms with Gasteiger partial charge in [-0.15, -0.1) is 0 Å². The van der Waals surface area contributed by atoms with E-state index >= 15 is 0 Å². The quantitative estimate of drug-likeness (QED) is 0.283. The van der Waals surface area contributed by atoms with Gasteiger partial charge < -0.3 is 19.1 Å². The Morgan fingerprint density at radius 3 is 2.59 bits per heavy atom. The third-order valence-corrected chi connectivity index (χ3v) is 8.59. The van der Waals surface area contributed by atoms with Crippen LogP contribution in [0.4, 0.5) is 0 Å². The molecular weight excluding hydrogens is 449 g/mol. The van der Waals surface area contributed by atoms with Gasteiger partial charge in [-0.2, -0.15) is 5.26 Å². The summed E-state index contributed by atoms with van der Waals surface area (Å²) < 4.78 is 21.9. The van der Waals surface area contributed by atoms with Gasteiger partial charge in [-0.3, -0.25) is 4.79 Å². The van der Waals surface area contributed by atoms with E-state index in [4.69, 9.17) is 19.0 Å². The van der Waals surface area contributed by atoms with Crippen LogP contribution < -0.4 is 5.32 Å². The Labute approximate surface area is 206 Å². The molecule has 1 heterocycles. The summed E-state index contributed by atoms with van der Waals surface area (Å²) >= 11 is 0. The van der Waals surface area contributed by atoms with Crippen molar-refractivity contribution in [1.29, 1.82) is 5.26 Å². The molecule has 1 saturated heterocycles. The number of ether oxygens (including phenoxy) is 1. The van der Waals surface area contributed by atoms with Crippen molar-refractivity contribution in [3.8, 4) is 6.07 Å². The van der Waals surface area contributed by atoms with Gasteiger partial charge in [-0.05, 0) is 43.7 Å². The number of amides is 1. The van der Waals surface area contributed by atoms with E-state index < -0.39 is 8.53 Å². The number of fused-ring (bicyclic) bond motifs is 2. The molecule has 3 rings (SSSR count). The first-order valence-corrected chi connectivity index (χ1v) is 13.8. The number of carbonyl (C=O) groups is 1. The van der Waals surface area contributed by atoms with Gasteiger partial charge in [-0.1, -0.05) is 45.9 Å². The molecule has 1 aromatic rings. The van der Waals surface area contributed by atoms with Gasteiger partial charge in [0.15, 0.2) is 0 Å². The van der Waals surface area contributed by atoms with Gasteiger partial charge in [0, 0.05) is 31.1 Å². The van der Waals surface area contributed by atoms with Crippen LogP contribution in [0.3, 0.4) is 0 Å². The molecule has 1 aliphatic carbocycles. The van der Waals surface area contributed by atoms with E-state index in [1.807, 2.05) is 30.3 Å². The van der Waals surface area contributed by atoms with Crippen molar-refractivity contribution >= 4 is 14.4 Å². The average molecular weight is 490 g/mol. The van der Waals surface area contributed by atoms with E-state index in [1.165, 1.54) is 0 Å². The summed E-state index contributed by atoms with van der Waals surface area (Å²) in [6.45, 7) is 11.4. The predicted octanol–water partition coefficient (Wildman–Crippen LogP) is 5.28. The molecule has 188 valence electrons. The van der Waals surface area contributed by atoms with Crippen molar-refractivity contribution in [2.45, 2.75) is 77.6 Å². The first-order valence-electron chi connectivity index (χ1n) is 12.7. The lowest BCUT2D eigenvalue weighted by Crippen LogP contribution is -2.41. The molecule has 1 N–H and O–H groups in total. The first kappa shape index (κ1) is 27.0. The third-order valence-electron chi connectivity index (χ3n) is 6.92. The van der Waals surface area contributed by atoms with Crippen LogP contribution in [-0.2, 0) is 13.8 Å². The molecule has 1 unspecified atom stereocenters. The highest BCUT2D eigenvalue weighted by Gasteiger charge is 2.63. The van der Waals surface area contributed by atoms with Crippen LogP contribution in [0.15, 0.2) is 30.3 Å². The molecule has 1 amide bonds. The number of hydrogen-bond donors (Lipinski definition) is 1. The van der Waals surface area contributed by atoms with Crippen molar-refractivity contribution in [2.75, 3.05) is 26.2 Å². The highest BCUT2D eigenvalue weighted by molar-refractivity contribution is 7.44. The van der Waals surface area contributed by atoms with Crippen LogP contribution in [-0.4, -0.2) is 54.6 Å². The zero-order valence-electron chi connectivity index (χ0n) is 21.0. The second-order valence-corrected chi connectivity index (χ2v) is 10.9. The minimum Gasteiger partial charge on any atom is -0.367 e. The van der Waals surface area contributed by atoms with E-state index in [-0.39, 0.29) is 29.6 Å². The van der Waals surface area contributed by atoms with E-state index in [0.29, 0.717) is 31.1 Å². The van der Waals surface area contributed by atoms with E-state index in [0.717, 1.165) is 38.8 Å². The molecule has 1 saturated carbocycles. The number of nitrogens with one attached hydrogen (secondary N) is 1. The topological polar surface area (TPSA) is 83.8 Å². The monoisotopic (exact) mass is 489 g/mol. The fraction of sp³-hybridized carbons (Fsp3) is 0.692. The molecule has 34 heavy (non-hydrogen) atoms. The van der Waals surface area contributed by atoms with Gasteiger partial charge in [0.05, 0.1) is 30.8 Å². The number of nitrogens with zero attached hydrogens (tertiary/aromatic N) is 2. The largest absolute Gasteiger partial charge is 0.367 e. The highest BCUT2D eigenvalue weighted by Crippen LogP contribution is 2.59. The summed E-state index contributed by atoms with van der Waals surface area (Å²) in [5, 5.41) is 12.1. The standard InChI is InChI=1S/C26H40N3O4P/c1-5-15-29(16-6-2)34(31-17-11-14-27)33-24-23-20(4)18-26(24,7-3)32-22(23)19-28-25(30)21-12-9-8-10-13-21/h8-10,12-13,20,22-24H,5-7,11,15-19H2,1-4H3,(H,28,30)/t20-,22+,23+,24+,26+,34?/m1/s1. The summed E-state index contributed by atoms with van der Waals surface area (Å²) in [7, 11) is -1.29. The third kappa shape index (κ3) is 6.17. The van der Waals surface area contributed by atoms with Gasteiger partial charge in [0.1, 0.15) is 6.10 Å². The Bertz CT molecular complexity index is 814. The van der Waals surface area contributed by atoms with E-state index in [2.05, 4.69) is 43.8 Å². The van der Waals surface area contributed by atoms with Crippen LogP contribution >= 0.6 is 8.53 Å². The Morgan fingerprint density at radius 2 is 1.97 bits per heavy atom. The van der Waals surface area contributed by atoms with E-state index in [9.17, 15) is 4.79 Å². The first-order chi connectivity index (χ1) is 16.5. The fourth-order valence-corrected chi connectivity index (χ4v) is 7.26. The molecule has 0 radical (unpaired) electrons. The fourth-order valence-electron chi connectivity index (χ4n) is 5.40. The molecule has 7 nitrogen and oxygen atoms in total. The molecule has 1 aliphatic heterocycles. The lowest BCUT2D eigenvalue weighted by molar-refractivity contribution is -0.0980. The Morgan fingerprint density at radius 1 is 1.26 bits per heavy atom. The normalized spacial score (nSPS) is 28.7. The molecular formula is C26H40N3O4P. The molecule has 0 spiro atoms. The zero-order valence-corrected chi connectivity index (χ0v) is 21.9. The summed E-state index contributed by atoms with van der Waals surface area (Å²) in [6.07, 6.45) is 3.99. The predicted molar refractivity (Wildman–Crippen MR) is 134 cm³/mol. The maximum Gasteiger partial charge on any atom is 0.259 e. The van der Waals surface area contributed by atoms with Crippen molar-refractivity contribution in [3.05, 3.63) is 35.9 Å². The highest BCUT2D eigenvalue weighted by atomic mass is 31.2. The van der Waals surface area contributed by atoms with Crippen LogP contribution in [0.5, 0.6) is 0 Å². The van der Waals surface area contributed by atoms with Crippen LogP contribution in [0.1, 0.15) is 70.2 Å². The summed E-state index contributed by atoms with van der Waals surface area (Å²) in [4.78, 5) is 12.6. The van der Waals surface area contributed by atoms with Gasteiger partial charge in [0.25, 0.3) is 14.4 Å². The van der Waals surface area contributed by atoms with Crippen LogP contribution in [0.25, 0.3) is 0 Å². The van der Waals surface area contributed by atoms with Gasteiger partial charge >= 0.3 is 0 Å². The molecule has 2 aliphatic rings. The number of benzene rings is 1. The second-order valence-electron chi connectivity index (χ2n) is 9.37. The van der Waals surface area contributed by atoms with Crippen LogP contribution in [0, 0.1) is 23.2 Å². The average Bonchev–Trinajstić information content (AvgIpc) is 3.30. The Kier molecular flexibility index (Phi) is 10.3. The number of hydrogen-bond acceptors (Lipinski definition) is 6. The molecule has 2 bridgehead atoms. The SMILES string of the molecule is CCCN(CCC)P(OCCC#N)O[C@H]1[C@H]2[C@H](C)C[C@]1(CC)O[C@H]2CNC(=O)c1ccccc1. The van der Waals surface area contributed by atoms with Crippen molar-refractivity contribution < 1.29 is 18.6 Å². The minimum absolute atomic E-state index is 0.0817. The number of nitriles is 1. The van der Waals surface area contributed by atoms with Gasteiger partial charge in [-0.25, -0.2) is 4.67 Å². The molecule has 2 fully saturated rings. The lowest BCUT2D eigenvalue weighted by Gasteiger charge is -2.35. The van der Waals surface area contributed by atoms with Crippen LogP contribution in [0.2, 0.25) is 0 Å². The smallest absolute Gasteiger partial charge is 0.259 e. The Balaban J connectivity index is 1.74. The minimum atomic E-state index is -1.29. The van der Waals surface area contributed by atoms with Gasteiger partial charge in [0.2, 0.25) is 0 Å². The second kappa shape index (κ2) is 13.0. The lowest BCUT2D eigenvalue weighted by atomic mass is 9.91. The van der Waals surface area contributed by atoms with Crippen molar-refractivity contribution in [3.63, 3.8) is 0 Å². The number of carbonyl (C=O) groups excluding carboxylic acids is 1. The molecule has 0 aromatic heterocycles. The molecule has 8 heteroatoms. The maximum absolute atomic E-state index is 12.6. The molecule has 1 aromatic carbocycles. The maximum atomic E-state index is 12.6. The molecule has 6 atom stereocenters. The number of rotatable bonds is 14. The zero-order chi connectivity index (χ0) is 24.6. The van der Waals surface area contributed by atoms with Crippen molar-refractivity contribution in [1.82, 2.24) is 9.99 Å². The summed E-state index contributed by atoms with van der Waals surface area (Å²) in [5.74, 6) is 0.534. The van der Waals surface area contributed by atoms with Crippen molar-refractivity contribution in [2.24, 2.45) is 11.8 Å². The summed E-state index contributed by atoms with van der Waals surface area (Å²) in [6, 6.07) is 11.5.